The summed E-state index contributed by atoms with van der Waals surface area (Å²) in [6.07, 6.45) is 8.41. The van der Waals surface area contributed by atoms with Gasteiger partial charge in [-0.15, -0.1) is 0 Å². The first kappa shape index (κ1) is 14.3. The van der Waals surface area contributed by atoms with Crippen LogP contribution in [0.2, 0.25) is 0 Å². The summed E-state index contributed by atoms with van der Waals surface area (Å²) in [5.74, 6) is 1.01. The molecule has 1 heterocycles. The van der Waals surface area contributed by atoms with Crippen molar-refractivity contribution in [3.63, 3.8) is 0 Å². The molecule has 0 aromatic rings. The van der Waals surface area contributed by atoms with Crippen LogP contribution in [-0.4, -0.2) is 50.3 Å². The van der Waals surface area contributed by atoms with Crippen LogP contribution in [0, 0.1) is 5.92 Å². The summed E-state index contributed by atoms with van der Waals surface area (Å²) in [6.45, 7) is 6.80. The molecule has 1 saturated heterocycles. The summed E-state index contributed by atoms with van der Waals surface area (Å²) < 4.78 is 5.07. The third-order valence-electron chi connectivity index (χ3n) is 4.76. The Kier molecular flexibility index (Phi) is 5.93. The van der Waals surface area contributed by atoms with Gasteiger partial charge in [0.1, 0.15) is 0 Å². The number of rotatable bonds is 7. The number of hydrogen-bond acceptors (Lipinski definition) is 3. The number of likely N-dealkylation sites (tertiary alicyclic amines) is 1. The lowest BCUT2D eigenvalue weighted by Crippen LogP contribution is -2.45. The molecule has 0 aromatic heterocycles. The highest BCUT2D eigenvalue weighted by atomic mass is 16.5. The van der Waals surface area contributed by atoms with E-state index in [1.54, 1.807) is 7.11 Å². The van der Waals surface area contributed by atoms with Crippen LogP contribution in [0.15, 0.2) is 0 Å². The van der Waals surface area contributed by atoms with Gasteiger partial charge in [0.25, 0.3) is 0 Å². The van der Waals surface area contributed by atoms with Gasteiger partial charge in [-0.2, -0.15) is 0 Å². The van der Waals surface area contributed by atoms with E-state index in [2.05, 4.69) is 17.1 Å². The highest BCUT2D eigenvalue weighted by molar-refractivity contribution is 4.92. The third-order valence-corrected chi connectivity index (χ3v) is 4.76. The lowest BCUT2D eigenvalue weighted by atomic mass is 9.85. The van der Waals surface area contributed by atoms with Gasteiger partial charge >= 0.3 is 0 Å². The Hall–Kier alpha value is -0.120. The van der Waals surface area contributed by atoms with E-state index in [0.717, 1.165) is 38.1 Å². The van der Waals surface area contributed by atoms with Crippen LogP contribution in [0.4, 0.5) is 0 Å². The fourth-order valence-electron chi connectivity index (χ4n) is 3.76. The highest BCUT2D eigenvalue weighted by Crippen LogP contribution is 2.36. The summed E-state index contributed by atoms with van der Waals surface area (Å²) in [7, 11) is 1.77. The molecule has 0 aromatic carbocycles. The molecule has 0 bridgehead atoms. The predicted molar refractivity (Wildman–Crippen MR) is 75.9 cm³/mol. The van der Waals surface area contributed by atoms with Gasteiger partial charge in [0, 0.05) is 32.3 Å². The van der Waals surface area contributed by atoms with E-state index in [0.29, 0.717) is 6.04 Å². The fraction of sp³-hybridized carbons (Fsp3) is 1.00. The smallest absolute Gasteiger partial charge is 0.0474 e. The predicted octanol–water partition coefficient (Wildman–Crippen LogP) is 2.27. The first-order valence-electron chi connectivity index (χ1n) is 7.78. The van der Waals surface area contributed by atoms with Crippen molar-refractivity contribution < 1.29 is 4.74 Å². The molecule has 0 radical (unpaired) electrons. The normalized spacial score (nSPS) is 30.3. The molecule has 1 N–H and O–H groups in total. The third kappa shape index (κ3) is 3.69. The number of nitrogens with one attached hydrogen (secondary N) is 1. The summed E-state index contributed by atoms with van der Waals surface area (Å²) in [6, 6.07) is 1.59. The Balaban J connectivity index is 1.67. The van der Waals surface area contributed by atoms with Crippen molar-refractivity contribution in [1.82, 2.24) is 10.2 Å². The molecule has 1 aliphatic carbocycles. The van der Waals surface area contributed by atoms with Gasteiger partial charge in [-0.1, -0.05) is 12.8 Å². The largest absolute Gasteiger partial charge is 0.385 e. The Labute approximate surface area is 112 Å². The highest BCUT2D eigenvalue weighted by Gasteiger charge is 2.37. The molecule has 18 heavy (non-hydrogen) atoms. The molecule has 0 amide bonds. The average Bonchev–Trinajstić information content (AvgIpc) is 2.82. The maximum Gasteiger partial charge on any atom is 0.0474 e. The van der Waals surface area contributed by atoms with Crippen molar-refractivity contribution in [2.75, 3.05) is 33.4 Å². The van der Waals surface area contributed by atoms with Crippen LogP contribution in [0.1, 0.15) is 45.4 Å². The van der Waals surface area contributed by atoms with Crippen LogP contribution in [0.5, 0.6) is 0 Å². The number of hydrogen-bond donors (Lipinski definition) is 1. The summed E-state index contributed by atoms with van der Waals surface area (Å²) in [5.41, 5.74) is 0. The molecule has 106 valence electrons. The van der Waals surface area contributed by atoms with Crippen LogP contribution >= 0.6 is 0 Å². The van der Waals surface area contributed by atoms with E-state index in [-0.39, 0.29) is 0 Å². The minimum atomic E-state index is 0.695. The topological polar surface area (TPSA) is 24.5 Å². The van der Waals surface area contributed by atoms with E-state index in [1.807, 2.05) is 0 Å². The molecule has 3 heteroatoms. The second-order valence-electron chi connectivity index (χ2n) is 6.04. The molecule has 2 fully saturated rings. The second-order valence-corrected chi connectivity index (χ2v) is 6.04. The molecule has 2 aliphatic rings. The van der Waals surface area contributed by atoms with E-state index in [4.69, 9.17) is 4.74 Å². The molecule has 3 nitrogen and oxygen atoms in total. The zero-order valence-corrected chi connectivity index (χ0v) is 12.2. The van der Waals surface area contributed by atoms with Crippen molar-refractivity contribution in [3.05, 3.63) is 0 Å². The van der Waals surface area contributed by atoms with Gasteiger partial charge in [0.05, 0.1) is 0 Å². The van der Waals surface area contributed by atoms with Crippen LogP contribution in [0.25, 0.3) is 0 Å². The minimum Gasteiger partial charge on any atom is -0.385 e. The van der Waals surface area contributed by atoms with E-state index >= 15 is 0 Å². The molecule has 0 spiro atoms. The molecule has 1 aliphatic heterocycles. The standard InChI is InChI=1S/C15H30N2O/c1-13(12-16-9-5-11-18-2)17-10-8-14-6-3-4-7-15(14)17/h13-16H,3-12H2,1-2H3. The van der Waals surface area contributed by atoms with Gasteiger partial charge in [-0.3, -0.25) is 4.90 Å². The van der Waals surface area contributed by atoms with Gasteiger partial charge in [0.15, 0.2) is 0 Å². The number of nitrogens with zero attached hydrogens (tertiary/aromatic N) is 1. The molecular formula is C15H30N2O. The van der Waals surface area contributed by atoms with Crippen molar-refractivity contribution in [2.24, 2.45) is 5.92 Å². The van der Waals surface area contributed by atoms with Gasteiger partial charge in [-0.05, 0) is 51.6 Å². The maximum absolute atomic E-state index is 5.07. The van der Waals surface area contributed by atoms with Crippen molar-refractivity contribution in [3.8, 4) is 0 Å². The van der Waals surface area contributed by atoms with Crippen molar-refractivity contribution in [1.29, 1.82) is 0 Å². The van der Waals surface area contributed by atoms with Crippen molar-refractivity contribution >= 4 is 0 Å². The number of methoxy groups -OCH3 is 1. The van der Waals surface area contributed by atoms with Gasteiger partial charge in [0.2, 0.25) is 0 Å². The summed E-state index contributed by atoms with van der Waals surface area (Å²) in [4.78, 5) is 2.77. The SMILES string of the molecule is COCCCNCC(C)N1CCC2CCCCC21. The Morgan fingerprint density at radius 2 is 2.11 bits per heavy atom. The molecule has 3 unspecified atom stereocenters. The molecule has 1 saturated carbocycles. The van der Waals surface area contributed by atoms with Gasteiger partial charge in [-0.25, -0.2) is 0 Å². The number of fused-ring (bicyclic) bond motifs is 1. The second kappa shape index (κ2) is 7.46. The fourth-order valence-corrected chi connectivity index (χ4v) is 3.76. The zero-order chi connectivity index (χ0) is 12.8. The van der Waals surface area contributed by atoms with Crippen LogP contribution in [0.3, 0.4) is 0 Å². The van der Waals surface area contributed by atoms with E-state index in [9.17, 15) is 0 Å². The Morgan fingerprint density at radius 3 is 2.94 bits per heavy atom. The zero-order valence-electron chi connectivity index (χ0n) is 12.2. The maximum atomic E-state index is 5.07. The Morgan fingerprint density at radius 1 is 1.28 bits per heavy atom. The quantitative estimate of drug-likeness (QED) is 0.705. The van der Waals surface area contributed by atoms with Crippen LogP contribution in [-0.2, 0) is 4.74 Å². The van der Waals surface area contributed by atoms with Crippen LogP contribution < -0.4 is 5.32 Å². The molecule has 3 atom stereocenters. The van der Waals surface area contributed by atoms with Gasteiger partial charge < -0.3 is 10.1 Å². The minimum absolute atomic E-state index is 0.695. The lowest BCUT2D eigenvalue weighted by Gasteiger charge is -2.35. The lowest BCUT2D eigenvalue weighted by molar-refractivity contribution is 0.138. The Bertz CT molecular complexity index is 235. The average molecular weight is 254 g/mol. The first-order valence-corrected chi connectivity index (χ1v) is 7.78. The summed E-state index contributed by atoms with van der Waals surface area (Å²) >= 11 is 0. The van der Waals surface area contributed by atoms with E-state index in [1.165, 1.54) is 38.6 Å². The van der Waals surface area contributed by atoms with Crippen molar-refractivity contribution in [2.45, 2.75) is 57.5 Å². The van der Waals surface area contributed by atoms with E-state index < -0.39 is 0 Å². The summed E-state index contributed by atoms with van der Waals surface area (Å²) in [5, 5.41) is 3.57. The number of ether oxygens (including phenoxy) is 1. The molecular weight excluding hydrogens is 224 g/mol. The molecule has 2 rings (SSSR count). The first-order chi connectivity index (χ1) is 8.83. The monoisotopic (exact) mass is 254 g/mol.